The van der Waals surface area contributed by atoms with Crippen LogP contribution in [0.3, 0.4) is 0 Å². The van der Waals surface area contributed by atoms with E-state index in [4.69, 9.17) is 0 Å². The van der Waals surface area contributed by atoms with Crippen LogP contribution in [-0.2, 0) is 0 Å². The monoisotopic (exact) mass is 278 g/mol. The van der Waals surface area contributed by atoms with Crippen LogP contribution in [0.5, 0.6) is 0 Å². The smallest absolute Gasteiger partial charge is 0.0872 e. The second-order valence-electron chi connectivity index (χ2n) is 7.71. The van der Waals surface area contributed by atoms with Gasteiger partial charge in [0.05, 0.1) is 5.60 Å². The number of aliphatic hydroxyl groups is 1. The van der Waals surface area contributed by atoms with Crippen LogP contribution >= 0.6 is 0 Å². The van der Waals surface area contributed by atoms with E-state index in [1.165, 1.54) is 16.7 Å². The summed E-state index contributed by atoms with van der Waals surface area (Å²) >= 11 is 0. The molecule has 0 aliphatic heterocycles. The summed E-state index contributed by atoms with van der Waals surface area (Å²) in [6, 6.07) is 1.10. The van der Waals surface area contributed by atoms with Gasteiger partial charge in [0, 0.05) is 14.5 Å². The molecule has 108 valence electrons. The molecule has 0 radical (unpaired) electrons. The number of allylic oxidation sites excluding steroid dienone is 2. The quantitative estimate of drug-likeness (QED) is 0.558. The predicted molar refractivity (Wildman–Crippen MR) is 88.2 cm³/mol. The lowest BCUT2D eigenvalue weighted by atomic mass is 9.75. The summed E-state index contributed by atoms with van der Waals surface area (Å²) in [6.45, 7) is 19.5. The van der Waals surface area contributed by atoms with Crippen molar-refractivity contribution in [1.82, 2.24) is 0 Å². The van der Waals surface area contributed by atoms with Gasteiger partial charge in [0.1, 0.15) is 0 Å². The molecule has 1 nitrogen and oxygen atoms in total. The minimum atomic E-state index is -1.14. The zero-order valence-electron chi connectivity index (χ0n) is 13.3. The van der Waals surface area contributed by atoms with Gasteiger partial charge in [-0.2, -0.15) is 0 Å². The van der Waals surface area contributed by atoms with E-state index in [1.54, 1.807) is 0 Å². The van der Waals surface area contributed by atoms with Crippen molar-refractivity contribution in [2.75, 3.05) is 0 Å². The van der Waals surface area contributed by atoms with Crippen molar-refractivity contribution in [2.45, 2.75) is 64.4 Å². The molecule has 0 bridgehead atoms. The fourth-order valence-corrected chi connectivity index (χ4v) is 4.81. The molecule has 0 amide bonds. The summed E-state index contributed by atoms with van der Waals surface area (Å²) in [7, 11) is -1.14. The lowest BCUT2D eigenvalue weighted by molar-refractivity contribution is 0.0606. The first-order valence-corrected chi connectivity index (χ1v) is 10.9. The van der Waals surface area contributed by atoms with Gasteiger partial charge in [-0.05, 0) is 38.7 Å². The first-order valence-electron chi connectivity index (χ1n) is 7.23. The van der Waals surface area contributed by atoms with Crippen molar-refractivity contribution in [3.8, 4) is 0 Å². The molecular weight excluding hydrogens is 248 g/mol. The number of hydrogen-bond acceptors (Lipinski definition) is 1. The van der Waals surface area contributed by atoms with Crippen LogP contribution in [0.4, 0.5) is 0 Å². The zero-order chi connectivity index (χ0) is 14.8. The van der Waals surface area contributed by atoms with Crippen molar-refractivity contribution < 1.29 is 5.11 Å². The highest BCUT2D eigenvalue weighted by Gasteiger charge is 2.33. The van der Waals surface area contributed by atoms with Crippen LogP contribution in [0, 0.1) is 5.92 Å². The highest BCUT2D eigenvalue weighted by Crippen LogP contribution is 2.38. The van der Waals surface area contributed by atoms with Crippen LogP contribution in [0.1, 0.15) is 33.1 Å². The Morgan fingerprint density at radius 1 is 1.42 bits per heavy atom. The van der Waals surface area contributed by atoms with Crippen molar-refractivity contribution in [3.05, 3.63) is 36.0 Å². The average Bonchev–Trinajstić information content (AvgIpc) is 2.10. The van der Waals surface area contributed by atoms with Gasteiger partial charge in [0.15, 0.2) is 0 Å². The SMILES string of the molecule is C=C(CC1(O)C=C(C)C[C@@H](C(=C)C)C1)C[Si](C)(C)C. The van der Waals surface area contributed by atoms with Crippen LogP contribution in [0.2, 0.25) is 25.7 Å². The Kier molecular flexibility index (Phi) is 5.02. The minimum Gasteiger partial charge on any atom is -0.385 e. The summed E-state index contributed by atoms with van der Waals surface area (Å²) in [6.07, 6.45) is 4.60. The second-order valence-corrected chi connectivity index (χ2v) is 13.2. The standard InChI is InChI=1S/C17H30OSi/c1-13(2)16-8-14(3)9-17(18,11-16)10-15(4)12-19(5,6)7/h9,16,18H,1,4,8,10-12H2,2-3,5-7H3/t16-,17?/m1/s1. The van der Waals surface area contributed by atoms with E-state index in [9.17, 15) is 5.11 Å². The van der Waals surface area contributed by atoms with Gasteiger partial charge in [0.2, 0.25) is 0 Å². The Morgan fingerprint density at radius 3 is 2.47 bits per heavy atom. The summed E-state index contributed by atoms with van der Waals surface area (Å²) in [5, 5.41) is 10.9. The van der Waals surface area contributed by atoms with Crippen molar-refractivity contribution in [1.29, 1.82) is 0 Å². The van der Waals surface area contributed by atoms with Crippen LogP contribution < -0.4 is 0 Å². The maximum atomic E-state index is 10.9. The van der Waals surface area contributed by atoms with Gasteiger partial charge in [0.25, 0.3) is 0 Å². The maximum Gasteiger partial charge on any atom is 0.0872 e. The topological polar surface area (TPSA) is 20.2 Å². The van der Waals surface area contributed by atoms with Crippen LogP contribution in [0.15, 0.2) is 36.0 Å². The summed E-state index contributed by atoms with van der Waals surface area (Å²) in [4.78, 5) is 0. The third-order valence-electron chi connectivity index (χ3n) is 3.72. The van der Waals surface area contributed by atoms with Crippen molar-refractivity contribution >= 4 is 8.07 Å². The molecule has 0 spiro atoms. The molecule has 2 atom stereocenters. The fraction of sp³-hybridized carbons (Fsp3) is 0.647. The predicted octanol–water partition coefficient (Wildman–Crippen LogP) is 4.93. The minimum absolute atomic E-state index is 0.412. The van der Waals surface area contributed by atoms with Gasteiger partial charge in [-0.25, -0.2) is 0 Å². The van der Waals surface area contributed by atoms with Gasteiger partial charge in [-0.15, -0.1) is 6.58 Å². The molecule has 19 heavy (non-hydrogen) atoms. The van der Waals surface area contributed by atoms with E-state index < -0.39 is 13.7 Å². The molecule has 1 aliphatic rings. The zero-order valence-corrected chi connectivity index (χ0v) is 14.3. The summed E-state index contributed by atoms with van der Waals surface area (Å²) in [5.41, 5.74) is 2.96. The lowest BCUT2D eigenvalue weighted by Crippen LogP contribution is -2.34. The molecule has 0 aromatic rings. The highest BCUT2D eigenvalue weighted by molar-refractivity contribution is 6.76. The lowest BCUT2D eigenvalue weighted by Gasteiger charge is -2.36. The van der Waals surface area contributed by atoms with Crippen LogP contribution in [-0.4, -0.2) is 18.8 Å². The molecule has 1 rings (SSSR count). The summed E-state index contributed by atoms with van der Waals surface area (Å²) < 4.78 is 0. The second kappa shape index (κ2) is 5.80. The third-order valence-corrected chi connectivity index (χ3v) is 5.28. The van der Waals surface area contributed by atoms with E-state index >= 15 is 0 Å². The Bertz CT molecular complexity index is 400. The van der Waals surface area contributed by atoms with E-state index in [2.05, 4.69) is 52.7 Å². The first-order chi connectivity index (χ1) is 8.51. The average molecular weight is 279 g/mol. The molecule has 0 saturated carbocycles. The molecule has 0 aromatic heterocycles. The fourth-order valence-electron chi connectivity index (χ4n) is 3.18. The Hall–Kier alpha value is -0.603. The largest absolute Gasteiger partial charge is 0.385 e. The third kappa shape index (κ3) is 5.49. The molecular formula is C17H30OSi. The molecule has 0 aromatic carbocycles. The molecule has 0 saturated heterocycles. The molecule has 1 aliphatic carbocycles. The van der Waals surface area contributed by atoms with Crippen LogP contribution in [0.25, 0.3) is 0 Å². The Labute approximate surface area is 120 Å². The Morgan fingerprint density at radius 2 is 2.00 bits per heavy atom. The van der Waals surface area contributed by atoms with E-state index in [-0.39, 0.29) is 0 Å². The van der Waals surface area contributed by atoms with Gasteiger partial charge in [-0.1, -0.05) is 49.0 Å². The summed E-state index contributed by atoms with van der Waals surface area (Å²) in [5.74, 6) is 0.412. The number of hydrogen-bond donors (Lipinski definition) is 1. The normalized spacial score (nSPS) is 27.9. The van der Waals surface area contributed by atoms with Crippen molar-refractivity contribution in [3.63, 3.8) is 0 Å². The van der Waals surface area contributed by atoms with E-state index in [0.717, 1.165) is 18.9 Å². The maximum absolute atomic E-state index is 10.9. The molecule has 0 fully saturated rings. The van der Waals surface area contributed by atoms with E-state index in [0.29, 0.717) is 12.3 Å². The first kappa shape index (κ1) is 16.5. The molecule has 1 N–H and O–H groups in total. The van der Waals surface area contributed by atoms with Gasteiger partial charge < -0.3 is 5.11 Å². The Balaban J connectivity index is 2.77. The molecule has 1 unspecified atom stereocenters. The molecule has 0 heterocycles. The highest BCUT2D eigenvalue weighted by atomic mass is 28.3. The van der Waals surface area contributed by atoms with Crippen molar-refractivity contribution in [2.24, 2.45) is 5.92 Å². The molecule has 2 heteroatoms. The van der Waals surface area contributed by atoms with Gasteiger partial charge in [-0.3, -0.25) is 0 Å². The number of rotatable bonds is 5. The van der Waals surface area contributed by atoms with Gasteiger partial charge >= 0.3 is 0 Å². The van der Waals surface area contributed by atoms with E-state index in [1.807, 2.05) is 0 Å².